The van der Waals surface area contributed by atoms with E-state index < -0.39 is 11.9 Å². The molecule has 1 unspecified atom stereocenters. The van der Waals surface area contributed by atoms with Crippen molar-refractivity contribution < 1.29 is 9.90 Å². The Hall–Kier alpha value is -1.48. The van der Waals surface area contributed by atoms with Crippen molar-refractivity contribution in [3.05, 3.63) is 35.0 Å². The minimum atomic E-state index is -0.829. The number of hydrogen-bond donors (Lipinski definition) is 1. The Labute approximate surface area is 98.3 Å². The normalized spacial score (nSPS) is 12.9. The van der Waals surface area contributed by atoms with Gasteiger partial charge in [-0.15, -0.1) is 0 Å². The Kier molecular flexibility index (Phi) is 2.64. The van der Waals surface area contributed by atoms with Crippen LogP contribution in [0.2, 0.25) is 5.02 Å². The lowest BCUT2D eigenvalue weighted by atomic mass is 9.99. The molecule has 0 fully saturated rings. The van der Waals surface area contributed by atoms with E-state index in [4.69, 9.17) is 16.7 Å². The number of nitrogens with zero attached hydrogens (tertiary/aromatic N) is 1. The van der Waals surface area contributed by atoms with Gasteiger partial charge in [0.1, 0.15) is 0 Å². The molecule has 2 aromatic rings. The molecule has 0 spiro atoms. The molecule has 1 atom stereocenters. The summed E-state index contributed by atoms with van der Waals surface area (Å²) in [5, 5.41) is 10.6. The summed E-state index contributed by atoms with van der Waals surface area (Å²) in [6.45, 7) is 1.68. The number of para-hydroxylation sites is 1. The number of carboxylic acids is 1. The third kappa shape index (κ3) is 1.57. The van der Waals surface area contributed by atoms with Gasteiger partial charge < -0.3 is 9.67 Å². The van der Waals surface area contributed by atoms with Gasteiger partial charge >= 0.3 is 5.97 Å². The number of aromatic nitrogens is 1. The molecule has 1 aromatic carbocycles. The smallest absolute Gasteiger partial charge is 0.310 e. The van der Waals surface area contributed by atoms with Crippen LogP contribution in [-0.4, -0.2) is 15.6 Å². The number of aryl methyl sites for hydroxylation is 1. The minimum absolute atomic E-state index is 0.534. The standard InChI is InChI=1S/C12H12ClNO2/c1-7(12(15)16)8-4-3-5-9-10(13)6-14(2)11(8)9/h3-7H,1-2H3,(H,15,16). The van der Waals surface area contributed by atoms with Gasteiger partial charge in [-0.2, -0.15) is 0 Å². The van der Waals surface area contributed by atoms with Crippen molar-refractivity contribution in [3.63, 3.8) is 0 Å². The third-order valence-electron chi connectivity index (χ3n) is 2.82. The molecule has 0 aliphatic heterocycles. The van der Waals surface area contributed by atoms with Crippen LogP contribution >= 0.6 is 11.6 Å². The van der Waals surface area contributed by atoms with E-state index in [0.717, 1.165) is 16.5 Å². The average Bonchev–Trinajstić information content (AvgIpc) is 2.54. The zero-order chi connectivity index (χ0) is 11.9. The predicted octanol–water partition coefficient (Wildman–Crippen LogP) is 3.02. The molecule has 84 valence electrons. The van der Waals surface area contributed by atoms with Crippen molar-refractivity contribution >= 4 is 28.5 Å². The Balaban J connectivity index is 2.75. The minimum Gasteiger partial charge on any atom is -0.481 e. The molecule has 1 N–H and O–H groups in total. The maximum atomic E-state index is 11.0. The Morgan fingerprint density at radius 1 is 1.50 bits per heavy atom. The van der Waals surface area contributed by atoms with Gasteiger partial charge in [0.05, 0.1) is 16.5 Å². The fourth-order valence-corrected chi connectivity index (χ4v) is 2.23. The van der Waals surface area contributed by atoms with Crippen LogP contribution in [0, 0.1) is 0 Å². The molecular weight excluding hydrogens is 226 g/mol. The summed E-state index contributed by atoms with van der Waals surface area (Å²) in [7, 11) is 1.87. The molecule has 0 aliphatic carbocycles. The van der Waals surface area contributed by atoms with Crippen molar-refractivity contribution in [1.29, 1.82) is 0 Å². The summed E-state index contributed by atoms with van der Waals surface area (Å²) in [5.74, 6) is -1.36. The number of benzene rings is 1. The van der Waals surface area contributed by atoms with Gasteiger partial charge in [-0.1, -0.05) is 29.8 Å². The third-order valence-corrected chi connectivity index (χ3v) is 3.12. The monoisotopic (exact) mass is 237 g/mol. The first-order valence-corrected chi connectivity index (χ1v) is 5.36. The van der Waals surface area contributed by atoms with Gasteiger partial charge in [-0.25, -0.2) is 0 Å². The summed E-state index contributed by atoms with van der Waals surface area (Å²) in [5.41, 5.74) is 1.68. The zero-order valence-corrected chi connectivity index (χ0v) is 9.82. The summed E-state index contributed by atoms with van der Waals surface area (Å²) in [6.07, 6.45) is 1.80. The maximum absolute atomic E-state index is 11.0. The molecule has 0 bridgehead atoms. The van der Waals surface area contributed by atoms with Gasteiger partial charge in [0.15, 0.2) is 0 Å². The van der Waals surface area contributed by atoms with E-state index in [1.54, 1.807) is 13.1 Å². The first-order valence-electron chi connectivity index (χ1n) is 4.98. The highest BCUT2D eigenvalue weighted by Crippen LogP contribution is 2.31. The van der Waals surface area contributed by atoms with Gasteiger partial charge in [0, 0.05) is 18.6 Å². The number of carbonyl (C=O) groups is 1. The Morgan fingerprint density at radius 2 is 2.19 bits per heavy atom. The van der Waals surface area contributed by atoms with E-state index in [1.807, 2.05) is 29.8 Å². The predicted molar refractivity (Wildman–Crippen MR) is 64.0 cm³/mol. The van der Waals surface area contributed by atoms with Crippen LogP contribution in [0.5, 0.6) is 0 Å². The van der Waals surface area contributed by atoms with Crippen LogP contribution in [0.15, 0.2) is 24.4 Å². The van der Waals surface area contributed by atoms with E-state index in [-0.39, 0.29) is 0 Å². The number of rotatable bonds is 2. The van der Waals surface area contributed by atoms with E-state index in [1.165, 1.54) is 0 Å². The van der Waals surface area contributed by atoms with E-state index in [2.05, 4.69) is 0 Å². The van der Waals surface area contributed by atoms with Crippen molar-refractivity contribution in [1.82, 2.24) is 4.57 Å². The van der Waals surface area contributed by atoms with Gasteiger partial charge in [0.2, 0.25) is 0 Å². The van der Waals surface area contributed by atoms with Gasteiger partial charge in [0.25, 0.3) is 0 Å². The summed E-state index contributed by atoms with van der Waals surface area (Å²) in [6, 6.07) is 5.57. The second-order valence-corrected chi connectivity index (χ2v) is 4.30. The van der Waals surface area contributed by atoms with E-state index in [0.29, 0.717) is 5.02 Å². The molecule has 0 saturated heterocycles. The largest absolute Gasteiger partial charge is 0.481 e. The molecule has 1 heterocycles. The molecule has 0 radical (unpaired) electrons. The molecule has 0 aliphatic rings. The number of aliphatic carboxylic acids is 1. The van der Waals surface area contributed by atoms with Crippen molar-refractivity contribution in [2.45, 2.75) is 12.8 Å². The summed E-state index contributed by atoms with van der Waals surface area (Å²) >= 11 is 6.07. The molecule has 2 rings (SSSR count). The SMILES string of the molecule is CC(C(=O)O)c1cccc2c(Cl)cn(C)c12. The van der Waals surface area contributed by atoms with Crippen molar-refractivity contribution in [2.24, 2.45) is 7.05 Å². The van der Waals surface area contributed by atoms with Crippen LogP contribution < -0.4 is 0 Å². The Bertz CT molecular complexity index is 559. The highest BCUT2D eigenvalue weighted by Gasteiger charge is 2.18. The zero-order valence-electron chi connectivity index (χ0n) is 9.07. The summed E-state index contributed by atoms with van der Waals surface area (Å²) in [4.78, 5) is 11.0. The number of halogens is 1. The average molecular weight is 238 g/mol. The highest BCUT2D eigenvalue weighted by molar-refractivity contribution is 6.35. The van der Waals surface area contributed by atoms with Crippen molar-refractivity contribution in [3.8, 4) is 0 Å². The molecule has 3 nitrogen and oxygen atoms in total. The van der Waals surface area contributed by atoms with Crippen LogP contribution in [0.3, 0.4) is 0 Å². The summed E-state index contributed by atoms with van der Waals surface area (Å²) < 4.78 is 1.87. The van der Waals surface area contributed by atoms with Crippen LogP contribution in [0.25, 0.3) is 10.9 Å². The molecule has 0 amide bonds. The van der Waals surface area contributed by atoms with E-state index in [9.17, 15) is 4.79 Å². The van der Waals surface area contributed by atoms with Gasteiger partial charge in [-0.3, -0.25) is 4.79 Å². The van der Waals surface area contributed by atoms with E-state index >= 15 is 0 Å². The Morgan fingerprint density at radius 3 is 2.81 bits per heavy atom. The fraction of sp³-hybridized carbons (Fsp3) is 0.250. The number of hydrogen-bond acceptors (Lipinski definition) is 1. The molecule has 0 saturated carbocycles. The van der Waals surface area contributed by atoms with Crippen LogP contribution in [0.1, 0.15) is 18.4 Å². The van der Waals surface area contributed by atoms with Crippen molar-refractivity contribution in [2.75, 3.05) is 0 Å². The van der Waals surface area contributed by atoms with Crippen LogP contribution in [-0.2, 0) is 11.8 Å². The first-order chi connectivity index (χ1) is 7.52. The topological polar surface area (TPSA) is 42.2 Å². The molecular formula is C12H12ClNO2. The second-order valence-electron chi connectivity index (χ2n) is 3.89. The molecule has 4 heteroatoms. The van der Waals surface area contributed by atoms with Crippen LogP contribution in [0.4, 0.5) is 0 Å². The lowest BCUT2D eigenvalue weighted by molar-refractivity contribution is -0.138. The quantitative estimate of drug-likeness (QED) is 0.873. The molecule has 16 heavy (non-hydrogen) atoms. The fourth-order valence-electron chi connectivity index (χ4n) is 1.93. The second kappa shape index (κ2) is 3.83. The highest BCUT2D eigenvalue weighted by atomic mass is 35.5. The van der Waals surface area contributed by atoms with Gasteiger partial charge in [-0.05, 0) is 12.5 Å². The number of carboxylic acid groups (broad SMARTS) is 1. The lowest BCUT2D eigenvalue weighted by Gasteiger charge is -2.09. The maximum Gasteiger partial charge on any atom is 0.310 e. The lowest BCUT2D eigenvalue weighted by Crippen LogP contribution is -2.08. The number of fused-ring (bicyclic) bond motifs is 1. The molecule has 1 aromatic heterocycles. The first kappa shape index (κ1) is 11.0.